The quantitative estimate of drug-likeness (QED) is 0.812. The molecule has 1 fully saturated rings. The van der Waals surface area contributed by atoms with Gasteiger partial charge in [0.2, 0.25) is 10.0 Å². The molecular formula is C17H21ClN2O3S. The summed E-state index contributed by atoms with van der Waals surface area (Å²) in [5, 5.41) is 4.46. The molecule has 1 aromatic heterocycles. The van der Waals surface area contributed by atoms with Crippen LogP contribution in [0.25, 0.3) is 0 Å². The van der Waals surface area contributed by atoms with Crippen LogP contribution in [0.15, 0.2) is 33.7 Å². The molecule has 1 aliphatic rings. The molecule has 0 radical (unpaired) electrons. The minimum Gasteiger partial charge on any atom is -0.360 e. The Morgan fingerprint density at radius 3 is 2.50 bits per heavy atom. The first-order chi connectivity index (χ1) is 11.4. The van der Waals surface area contributed by atoms with E-state index in [1.165, 1.54) is 0 Å². The van der Waals surface area contributed by atoms with Gasteiger partial charge < -0.3 is 4.52 Å². The van der Waals surface area contributed by atoms with E-state index in [4.69, 9.17) is 16.1 Å². The van der Waals surface area contributed by atoms with Gasteiger partial charge in [0.1, 0.15) is 10.6 Å². The van der Waals surface area contributed by atoms with Crippen molar-refractivity contribution in [2.24, 2.45) is 0 Å². The van der Waals surface area contributed by atoms with Gasteiger partial charge in [0.05, 0.1) is 6.04 Å². The lowest BCUT2D eigenvalue weighted by Crippen LogP contribution is -2.35. The second kappa shape index (κ2) is 6.86. The topological polar surface area (TPSA) is 63.4 Å². The number of rotatable bonds is 3. The maximum Gasteiger partial charge on any atom is 0.249 e. The van der Waals surface area contributed by atoms with Crippen molar-refractivity contribution in [2.75, 3.05) is 6.54 Å². The van der Waals surface area contributed by atoms with Gasteiger partial charge in [-0.15, -0.1) is 0 Å². The van der Waals surface area contributed by atoms with Crippen LogP contribution >= 0.6 is 11.6 Å². The van der Waals surface area contributed by atoms with Gasteiger partial charge in [-0.2, -0.15) is 4.31 Å². The third-order valence-corrected chi connectivity index (χ3v) is 6.90. The molecule has 1 aromatic carbocycles. The molecule has 1 unspecified atom stereocenters. The van der Waals surface area contributed by atoms with E-state index >= 15 is 0 Å². The molecule has 0 spiro atoms. The van der Waals surface area contributed by atoms with Crippen LogP contribution < -0.4 is 0 Å². The van der Waals surface area contributed by atoms with Gasteiger partial charge in [0, 0.05) is 11.6 Å². The summed E-state index contributed by atoms with van der Waals surface area (Å²) >= 11 is 5.98. The van der Waals surface area contributed by atoms with Gasteiger partial charge in [-0.1, -0.05) is 41.7 Å². The predicted octanol–water partition coefficient (Wildman–Crippen LogP) is 4.25. The number of aryl methyl sites for hydroxylation is 2. The molecular weight excluding hydrogens is 348 g/mol. The van der Waals surface area contributed by atoms with E-state index in [0.717, 1.165) is 31.2 Å². The molecule has 130 valence electrons. The van der Waals surface area contributed by atoms with Crippen LogP contribution in [0.5, 0.6) is 0 Å². The fourth-order valence-electron chi connectivity index (χ4n) is 3.35. The Morgan fingerprint density at radius 2 is 1.88 bits per heavy atom. The summed E-state index contributed by atoms with van der Waals surface area (Å²) in [7, 11) is -3.67. The summed E-state index contributed by atoms with van der Waals surface area (Å²) < 4.78 is 33.3. The van der Waals surface area contributed by atoms with Crippen LogP contribution in [0.2, 0.25) is 5.02 Å². The fraction of sp³-hybridized carbons (Fsp3) is 0.471. The Bertz CT molecular complexity index is 795. The molecule has 0 bridgehead atoms. The Morgan fingerprint density at radius 1 is 1.17 bits per heavy atom. The molecule has 5 nitrogen and oxygen atoms in total. The van der Waals surface area contributed by atoms with Crippen molar-refractivity contribution >= 4 is 21.6 Å². The van der Waals surface area contributed by atoms with E-state index in [9.17, 15) is 8.42 Å². The zero-order valence-electron chi connectivity index (χ0n) is 13.8. The first-order valence-corrected chi connectivity index (χ1v) is 9.93. The third kappa shape index (κ3) is 3.23. The van der Waals surface area contributed by atoms with E-state index < -0.39 is 10.0 Å². The molecule has 1 atom stereocenters. The fourth-order valence-corrected chi connectivity index (χ4v) is 5.45. The van der Waals surface area contributed by atoms with Crippen molar-refractivity contribution in [3.63, 3.8) is 0 Å². The first-order valence-electron chi connectivity index (χ1n) is 8.11. The van der Waals surface area contributed by atoms with Gasteiger partial charge in [0.15, 0.2) is 5.76 Å². The second-order valence-corrected chi connectivity index (χ2v) is 8.45. The lowest BCUT2D eigenvalue weighted by atomic mass is 10.0. The molecule has 0 amide bonds. The Kier molecular flexibility index (Phi) is 4.99. The number of hydrogen-bond acceptors (Lipinski definition) is 4. The van der Waals surface area contributed by atoms with Crippen molar-refractivity contribution < 1.29 is 12.9 Å². The zero-order chi connectivity index (χ0) is 17.3. The Balaban J connectivity index is 2.06. The van der Waals surface area contributed by atoms with Gasteiger partial charge in [-0.3, -0.25) is 0 Å². The second-order valence-electron chi connectivity index (χ2n) is 6.19. The zero-order valence-corrected chi connectivity index (χ0v) is 15.4. The predicted molar refractivity (Wildman–Crippen MR) is 92.5 cm³/mol. The highest BCUT2D eigenvalue weighted by Gasteiger charge is 2.36. The van der Waals surface area contributed by atoms with Crippen LogP contribution in [0, 0.1) is 13.8 Å². The van der Waals surface area contributed by atoms with Crippen molar-refractivity contribution in [3.8, 4) is 0 Å². The molecule has 3 rings (SSSR count). The van der Waals surface area contributed by atoms with Crippen LogP contribution in [-0.4, -0.2) is 24.4 Å². The average Bonchev–Trinajstić information content (AvgIpc) is 2.76. The molecule has 2 aromatic rings. The highest BCUT2D eigenvalue weighted by molar-refractivity contribution is 7.89. The summed E-state index contributed by atoms with van der Waals surface area (Å²) in [5.41, 5.74) is 1.38. The minimum atomic E-state index is -3.67. The number of halogens is 1. The van der Waals surface area contributed by atoms with E-state index in [1.54, 1.807) is 18.2 Å². The largest absolute Gasteiger partial charge is 0.360 e. The van der Waals surface area contributed by atoms with E-state index in [-0.39, 0.29) is 10.9 Å². The summed E-state index contributed by atoms with van der Waals surface area (Å²) in [6.45, 7) is 3.81. The van der Waals surface area contributed by atoms with E-state index in [1.807, 2.05) is 24.3 Å². The Labute approximate surface area is 147 Å². The smallest absolute Gasteiger partial charge is 0.249 e. The molecule has 1 saturated heterocycles. The van der Waals surface area contributed by atoms with Crippen LogP contribution in [0.4, 0.5) is 0 Å². The van der Waals surface area contributed by atoms with Gasteiger partial charge in [0.25, 0.3) is 0 Å². The van der Waals surface area contributed by atoms with Crippen molar-refractivity contribution in [3.05, 3.63) is 46.3 Å². The SMILES string of the molecule is Cc1noc(C)c1S(=O)(=O)N1CCCCCC1c1ccc(Cl)cc1. The monoisotopic (exact) mass is 368 g/mol. The van der Waals surface area contributed by atoms with E-state index in [0.29, 0.717) is 23.0 Å². The van der Waals surface area contributed by atoms with Crippen molar-refractivity contribution in [2.45, 2.75) is 50.5 Å². The van der Waals surface area contributed by atoms with Crippen LogP contribution in [0.3, 0.4) is 0 Å². The number of aromatic nitrogens is 1. The van der Waals surface area contributed by atoms with Gasteiger partial charge in [-0.05, 0) is 44.4 Å². The molecule has 0 N–H and O–H groups in total. The number of sulfonamides is 1. The number of nitrogens with zero attached hydrogens (tertiary/aromatic N) is 2. The average molecular weight is 369 g/mol. The van der Waals surface area contributed by atoms with Crippen LogP contribution in [0.1, 0.15) is 48.7 Å². The molecule has 1 aliphatic heterocycles. The summed E-state index contributed by atoms with van der Waals surface area (Å²) in [5.74, 6) is 0.339. The molecule has 0 saturated carbocycles. The summed E-state index contributed by atoms with van der Waals surface area (Å²) in [6, 6.07) is 7.25. The minimum absolute atomic E-state index is 0.191. The highest BCUT2D eigenvalue weighted by atomic mass is 35.5. The highest BCUT2D eigenvalue weighted by Crippen LogP contribution is 2.36. The molecule has 7 heteroatoms. The van der Waals surface area contributed by atoms with Crippen molar-refractivity contribution in [1.29, 1.82) is 0 Å². The lowest BCUT2D eigenvalue weighted by molar-refractivity contribution is 0.327. The maximum absolute atomic E-state index is 13.3. The number of benzene rings is 1. The normalized spacial score (nSPS) is 20.0. The molecule has 2 heterocycles. The summed E-state index contributed by atoms with van der Waals surface area (Å²) in [4.78, 5) is 0.198. The summed E-state index contributed by atoms with van der Waals surface area (Å²) in [6.07, 6.45) is 3.68. The third-order valence-electron chi connectivity index (χ3n) is 4.49. The Hall–Kier alpha value is -1.37. The maximum atomic E-state index is 13.3. The van der Waals surface area contributed by atoms with Crippen molar-refractivity contribution in [1.82, 2.24) is 9.46 Å². The molecule has 24 heavy (non-hydrogen) atoms. The van der Waals surface area contributed by atoms with E-state index in [2.05, 4.69) is 5.16 Å². The lowest BCUT2D eigenvalue weighted by Gasteiger charge is -2.29. The number of hydrogen-bond donors (Lipinski definition) is 0. The van der Waals surface area contributed by atoms with Gasteiger partial charge >= 0.3 is 0 Å². The standard InChI is InChI=1S/C17H21ClN2O3S/c1-12-17(13(2)23-19-12)24(21,22)20-11-5-3-4-6-16(20)14-7-9-15(18)10-8-14/h7-10,16H,3-6,11H2,1-2H3. The van der Waals surface area contributed by atoms with Gasteiger partial charge in [-0.25, -0.2) is 8.42 Å². The first kappa shape index (κ1) is 17.5. The molecule has 0 aliphatic carbocycles. The van der Waals surface area contributed by atoms with Crippen LogP contribution in [-0.2, 0) is 10.0 Å².